The SMILES string of the molecule is CCCNC(c1cc(Cl)ccc1OC)C1CCCO1. The predicted molar refractivity (Wildman–Crippen MR) is 78.0 cm³/mol. The Hall–Kier alpha value is -0.770. The molecule has 1 fully saturated rings. The fourth-order valence-corrected chi connectivity index (χ4v) is 2.74. The van der Waals surface area contributed by atoms with Crippen LogP contribution in [0, 0.1) is 0 Å². The summed E-state index contributed by atoms with van der Waals surface area (Å²) in [5.41, 5.74) is 1.09. The van der Waals surface area contributed by atoms with E-state index in [0.29, 0.717) is 0 Å². The summed E-state index contributed by atoms with van der Waals surface area (Å²) in [7, 11) is 1.69. The molecule has 19 heavy (non-hydrogen) atoms. The van der Waals surface area contributed by atoms with Crippen LogP contribution in [-0.2, 0) is 4.74 Å². The van der Waals surface area contributed by atoms with Crippen molar-refractivity contribution in [3.8, 4) is 5.75 Å². The van der Waals surface area contributed by atoms with Crippen LogP contribution in [0.2, 0.25) is 5.02 Å². The number of methoxy groups -OCH3 is 1. The maximum Gasteiger partial charge on any atom is 0.123 e. The molecular formula is C15H22ClNO2. The molecule has 0 aromatic heterocycles. The van der Waals surface area contributed by atoms with Gasteiger partial charge in [0.05, 0.1) is 19.3 Å². The number of halogens is 1. The minimum atomic E-state index is 0.149. The number of rotatable bonds is 6. The molecule has 0 spiro atoms. The largest absolute Gasteiger partial charge is 0.496 e. The van der Waals surface area contributed by atoms with Gasteiger partial charge in [0.25, 0.3) is 0 Å². The Morgan fingerprint density at radius 1 is 1.53 bits per heavy atom. The van der Waals surface area contributed by atoms with Crippen LogP contribution in [-0.4, -0.2) is 26.4 Å². The summed E-state index contributed by atoms with van der Waals surface area (Å²) in [4.78, 5) is 0. The van der Waals surface area contributed by atoms with E-state index in [0.717, 1.165) is 48.7 Å². The summed E-state index contributed by atoms with van der Waals surface area (Å²) in [5, 5.41) is 4.30. The fraction of sp³-hybridized carbons (Fsp3) is 0.600. The molecule has 3 nitrogen and oxygen atoms in total. The van der Waals surface area contributed by atoms with Crippen molar-refractivity contribution in [2.45, 2.75) is 38.3 Å². The van der Waals surface area contributed by atoms with Gasteiger partial charge >= 0.3 is 0 Å². The van der Waals surface area contributed by atoms with Gasteiger partial charge in [0.15, 0.2) is 0 Å². The lowest BCUT2D eigenvalue weighted by molar-refractivity contribution is 0.0774. The van der Waals surface area contributed by atoms with Gasteiger partial charge in [-0.25, -0.2) is 0 Å². The third-order valence-corrected chi connectivity index (χ3v) is 3.71. The number of ether oxygens (including phenoxy) is 2. The van der Waals surface area contributed by atoms with Gasteiger partial charge in [0.2, 0.25) is 0 Å². The van der Waals surface area contributed by atoms with Crippen molar-refractivity contribution < 1.29 is 9.47 Å². The van der Waals surface area contributed by atoms with Crippen molar-refractivity contribution in [1.82, 2.24) is 5.32 Å². The van der Waals surface area contributed by atoms with Crippen molar-refractivity contribution >= 4 is 11.6 Å². The average Bonchev–Trinajstić information content (AvgIpc) is 2.93. The van der Waals surface area contributed by atoms with Gasteiger partial charge in [-0.05, 0) is 44.0 Å². The van der Waals surface area contributed by atoms with Crippen LogP contribution < -0.4 is 10.1 Å². The van der Waals surface area contributed by atoms with Crippen molar-refractivity contribution in [3.63, 3.8) is 0 Å². The predicted octanol–water partition coefficient (Wildman–Crippen LogP) is 3.57. The lowest BCUT2D eigenvalue weighted by Gasteiger charge is -2.26. The molecule has 1 aromatic rings. The molecule has 1 N–H and O–H groups in total. The summed E-state index contributed by atoms with van der Waals surface area (Å²) in [5.74, 6) is 0.869. The number of benzene rings is 1. The van der Waals surface area contributed by atoms with Gasteiger partial charge in [-0.2, -0.15) is 0 Å². The highest BCUT2D eigenvalue weighted by molar-refractivity contribution is 6.30. The Morgan fingerprint density at radius 3 is 3.00 bits per heavy atom. The fourth-order valence-electron chi connectivity index (χ4n) is 2.56. The molecule has 2 rings (SSSR count). The van der Waals surface area contributed by atoms with E-state index in [4.69, 9.17) is 21.1 Å². The van der Waals surface area contributed by atoms with Crippen molar-refractivity contribution in [2.75, 3.05) is 20.3 Å². The Morgan fingerprint density at radius 2 is 2.37 bits per heavy atom. The van der Waals surface area contributed by atoms with E-state index < -0.39 is 0 Å². The molecule has 1 aliphatic heterocycles. The topological polar surface area (TPSA) is 30.5 Å². The highest BCUT2D eigenvalue weighted by Crippen LogP contribution is 2.34. The Balaban J connectivity index is 2.27. The maximum absolute atomic E-state index is 6.13. The van der Waals surface area contributed by atoms with E-state index in [9.17, 15) is 0 Å². The summed E-state index contributed by atoms with van der Waals surface area (Å²) in [6, 6.07) is 5.91. The Labute approximate surface area is 120 Å². The van der Waals surface area contributed by atoms with Gasteiger partial charge in [-0.3, -0.25) is 0 Å². The highest BCUT2D eigenvalue weighted by Gasteiger charge is 2.29. The zero-order valence-electron chi connectivity index (χ0n) is 11.6. The monoisotopic (exact) mass is 283 g/mol. The number of hydrogen-bond donors (Lipinski definition) is 1. The third kappa shape index (κ3) is 3.62. The van der Waals surface area contributed by atoms with Crippen molar-refractivity contribution in [1.29, 1.82) is 0 Å². The van der Waals surface area contributed by atoms with E-state index >= 15 is 0 Å². The molecule has 1 aliphatic rings. The van der Waals surface area contributed by atoms with Crippen LogP contribution in [0.15, 0.2) is 18.2 Å². The first-order chi connectivity index (χ1) is 9.26. The van der Waals surface area contributed by atoms with Crippen LogP contribution in [0.3, 0.4) is 0 Å². The van der Waals surface area contributed by atoms with Crippen LogP contribution >= 0.6 is 11.6 Å². The van der Waals surface area contributed by atoms with Gasteiger partial charge in [0.1, 0.15) is 5.75 Å². The lowest BCUT2D eigenvalue weighted by Crippen LogP contribution is -2.32. The zero-order chi connectivity index (χ0) is 13.7. The molecule has 0 radical (unpaired) electrons. The van der Waals surface area contributed by atoms with E-state index in [2.05, 4.69) is 12.2 Å². The molecule has 1 saturated heterocycles. The Bertz CT molecular complexity index is 405. The third-order valence-electron chi connectivity index (χ3n) is 3.48. The van der Waals surface area contributed by atoms with Crippen molar-refractivity contribution in [2.24, 2.45) is 0 Å². The number of hydrogen-bond acceptors (Lipinski definition) is 3. The minimum Gasteiger partial charge on any atom is -0.496 e. The smallest absolute Gasteiger partial charge is 0.123 e. The van der Waals surface area contributed by atoms with Gasteiger partial charge < -0.3 is 14.8 Å². The second-order valence-electron chi connectivity index (χ2n) is 4.87. The average molecular weight is 284 g/mol. The highest BCUT2D eigenvalue weighted by atomic mass is 35.5. The quantitative estimate of drug-likeness (QED) is 0.866. The lowest BCUT2D eigenvalue weighted by atomic mass is 9.98. The summed E-state index contributed by atoms with van der Waals surface area (Å²) >= 11 is 6.13. The van der Waals surface area contributed by atoms with Gasteiger partial charge in [-0.1, -0.05) is 18.5 Å². The molecule has 106 valence electrons. The van der Waals surface area contributed by atoms with E-state index in [-0.39, 0.29) is 12.1 Å². The van der Waals surface area contributed by atoms with E-state index in [1.807, 2.05) is 18.2 Å². The Kier molecular flexibility index (Phi) is 5.49. The molecule has 0 amide bonds. The maximum atomic E-state index is 6.13. The van der Waals surface area contributed by atoms with E-state index in [1.165, 1.54) is 0 Å². The normalized spacial score (nSPS) is 20.5. The van der Waals surface area contributed by atoms with Crippen LogP contribution in [0.4, 0.5) is 0 Å². The molecule has 0 saturated carbocycles. The summed E-state index contributed by atoms with van der Waals surface area (Å²) in [6.45, 7) is 3.97. The van der Waals surface area contributed by atoms with E-state index in [1.54, 1.807) is 7.11 Å². The summed E-state index contributed by atoms with van der Waals surface area (Å²) in [6.07, 6.45) is 3.50. The molecule has 1 heterocycles. The number of nitrogens with one attached hydrogen (secondary N) is 1. The first kappa shape index (κ1) is 14.6. The standard InChI is InChI=1S/C15H22ClNO2/c1-3-8-17-15(14-5-4-9-19-14)12-10-11(16)6-7-13(12)18-2/h6-7,10,14-15,17H,3-5,8-9H2,1-2H3. The molecule has 0 aliphatic carbocycles. The molecular weight excluding hydrogens is 262 g/mol. The second-order valence-corrected chi connectivity index (χ2v) is 5.31. The molecule has 0 bridgehead atoms. The van der Waals surface area contributed by atoms with Gasteiger partial charge in [0, 0.05) is 17.2 Å². The van der Waals surface area contributed by atoms with Gasteiger partial charge in [-0.15, -0.1) is 0 Å². The van der Waals surface area contributed by atoms with Crippen molar-refractivity contribution in [3.05, 3.63) is 28.8 Å². The van der Waals surface area contributed by atoms with Crippen LogP contribution in [0.25, 0.3) is 0 Å². The first-order valence-corrected chi connectivity index (χ1v) is 7.32. The second kappa shape index (κ2) is 7.13. The first-order valence-electron chi connectivity index (χ1n) is 6.94. The molecule has 2 unspecified atom stereocenters. The molecule has 1 aromatic carbocycles. The van der Waals surface area contributed by atoms with Crippen LogP contribution in [0.5, 0.6) is 5.75 Å². The van der Waals surface area contributed by atoms with Crippen LogP contribution in [0.1, 0.15) is 37.8 Å². The summed E-state index contributed by atoms with van der Waals surface area (Å²) < 4.78 is 11.3. The minimum absolute atomic E-state index is 0.149. The molecule has 4 heteroatoms. The zero-order valence-corrected chi connectivity index (χ0v) is 12.4. The molecule has 2 atom stereocenters.